The van der Waals surface area contributed by atoms with E-state index in [1.807, 2.05) is 124 Å². The van der Waals surface area contributed by atoms with Crippen LogP contribution in [0.1, 0.15) is 160 Å². The first-order valence-corrected chi connectivity index (χ1v) is 33.6. The first kappa shape index (κ1) is 66.3. The quantitative estimate of drug-likeness (QED) is 0.0903. The summed E-state index contributed by atoms with van der Waals surface area (Å²) in [5.41, 5.74) is 21.8. The van der Waals surface area contributed by atoms with E-state index in [1.165, 1.54) is 85.0 Å². The molecule has 0 atom stereocenters. The third-order valence-electron chi connectivity index (χ3n) is 19.8. The Balaban J connectivity index is 0.000000128. The van der Waals surface area contributed by atoms with E-state index in [9.17, 15) is 17.6 Å². The van der Waals surface area contributed by atoms with Gasteiger partial charge < -0.3 is 0 Å². The van der Waals surface area contributed by atoms with Gasteiger partial charge in [-0.15, -0.1) is 0 Å². The molecule has 12 aromatic rings. The predicted molar refractivity (Wildman–Crippen MR) is 372 cm³/mol. The average molecular weight is 1260 g/mol. The normalized spacial score (nSPS) is 13.1. The first-order valence-electron chi connectivity index (χ1n) is 33.6. The van der Waals surface area contributed by atoms with E-state index >= 15 is 0 Å². The van der Waals surface area contributed by atoms with Gasteiger partial charge in [0.15, 0.2) is 22.1 Å². The van der Waals surface area contributed by atoms with Gasteiger partial charge in [-0.05, 0) is 277 Å². The van der Waals surface area contributed by atoms with Crippen LogP contribution in [-0.2, 0) is 28.2 Å². The van der Waals surface area contributed by atoms with E-state index in [0.717, 1.165) is 137 Å². The van der Waals surface area contributed by atoms with Gasteiger partial charge >= 0.3 is 0 Å². The van der Waals surface area contributed by atoms with Crippen molar-refractivity contribution in [3.05, 3.63) is 239 Å². The molecular formula is C82H88F4N8+4. The minimum atomic E-state index is -0.201. The standard InChI is InChI=1S/2C21H24FN2.2C20H20FN2/c1-5-15(6-2)16-7-9-19-20(12-16)23-13-24(4)21(19)18-10-8-17(22)11-14(18)3;1-5-15(6-2)18-8-7-9-19-20(18)23-13-24(4)21(19)17-11-10-16(22)12-14(17)3;1-13-10-16(21)7-8-17(13)20-18-11-15(14-4-3-5-14)6-9-19(18)22-12-23(20)2;1-13-10-16(21)7-9-17(13)20-18-8-6-15(14-4-3-5-14)11-19(18)22-12-23(20)2/h2*7-13,15H,5-6H2,1-4H3;2*6-12,14H,3-5H2,1-2H3/q4*+1. The van der Waals surface area contributed by atoms with Gasteiger partial charge in [0.05, 0.1) is 49.7 Å². The summed E-state index contributed by atoms with van der Waals surface area (Å²) in [6.45, 7) is 16.7. The highest BCUT2D eigenvalue weighted by Crippen LogP contribution is 2.41. The molecule has 8 aromatic carbocycles. The fourth-order valence-electron chi connectivity index (χ4n) is 14.0. The van der Waals surface area contributed by atoms with Crippen LogP contribution in [0.25, 0.3) is 88.6 Å². The lowest BCUT2D eigenvalue weighted by Crippen LogP contribution is -2.32. The van der Waals surface area contributed by atoms with Gasteiger partial charge in [0.2, 0.25) is 0 Å². The molecule has 2 fully saturated rings. The number of nitrogens with zero attached hydrogens (tertiary/aromatic N) is 8. The molecule has 2 aliphatic rings. The second kappa shape index (κ2) is 29.0. The van der Waals surface area contributed by atoms with Crippen molar-refractivity contribution in [1.29, 1.82) is 0 Å². The number of hydrogen-bond donors (Lipinski definition) is 0. The third-order valence-corrected chi connectivity index (χ3v) is 19.8. The van der Waals surface area contributed by atoms with Crippen LogP contribution in [0.2, 0.25) is 0 Å². The Hall–Kier alpha value is -9.16. The number of aryl methyl sites for hydroxylation is 8. The van der Waals surface area contributed by atoms with Crippen LogP contribution in [-0.4, -0.2) is 19.9 Å². The van der Waals surface area contributed by atoms with Crippen LogP contribution in [0, 0.1) is 51.0 Å². The lowest BCUT2D eigenvalue weighted by Gasteiger charge is -2.25. The molecule has 0 unspecified atom stereocenters. The van der Waals surface area contributed by atoms with E-state index in [2.05, 4.69) is 115 Å². The molecular weight excluding hydrogens is 1170 g/mol. The summed E-state index contributed by atoms with van der Waals surface area (Å²) in [5.74, 6) is 1.68. The highest BCUT2D eigenvalue weighted by Gasteiger charge is 2.27. The number of fused-ring (bicyclic) bond motifs is 4. The molecule has 4 heterocycles. The van der Waals surface area contributed by atoms with Gasteiger partial charge in [0, 0.05) is 27.8 Å². The van der Waals surface area contributed by atoms with Crippen molar-refractivity contribution in [3.8, 4) is 45.0 Å². The molecule has 0 radical (unpaired) electrons. The number of benzene rings is 8. The molecule has 12 heteroatoms. The van der Waals surface area contributed by atoms with Gasteiger partial charge in [0.1, 0.15) is 46.0 Å². The summed E-state index contributed by atoms with van der Waals surface area (Å²) in [6, 6.07) is 46.1. The molecule has 4 aromatic heterocycles. The Kier molecular flexibility index (Phi) is 20.5. The van der Waals surface area contributed by atoms with Crippen molar-refractivity contribution in [2.45, 2.75) is 143 Å². The molecule has 0 aliphatic heterocycles. The largest absolute Gasteiger partial charge is 0.287 e. The zero-order valence-corrected chi connectivity index (χ0v) is 56.6. The van der Waals surface area contributed by atoms with E-state index in [1.54, 1.807) is 24.3 Å². The van der Waals surface area contributed by atoms with Gasteiger partial charge in [0.25, 0.3) is 25.3 Å². The average Bonchev–Trinajstić information content (AvgIpc) is 0.797. The zero-order chi connectivity index (χ0) is 66.5. The Morgan fingerprint density at radius 1 is 0.372 bits per heavy atom. The maximum absolute atomic E-state index is 13.5. The number of rotatable bonds is 12. The number of para-hydroxylation sites is 1. The monoisotopic (exact) mass is 1260 g/mol. The summed E-state index contributed by atoms with van der Waals surface area (Å²) < 4.78 is 62.0. The van der Waals surface area contributed by atoms with E-state index in [-0.39, 0.29) is 23.3 Å². The van der Waals surface area contributed by atoms with Crippen LogP contribution in [0.5, 0.6) is 0 Å². The second-order valence-electron chi connectivity index (χ2n) is 26.0. The van der Waals surface area contributed by atoms with Crippen molar-refractivity contribution < 1.29 is 35.8 Å². The van der Waals surface area contributed by atoms with Crippen LogP contribution in [0.4, 0.5) is 17.6 Å². The summed E-state index contributed by atoms with van der Waals surface area (Å²) in [4.78, 5) is 18.5. The molecule has 0 bridgehead atoms. The molecule has 0 N–H and O–H groups in total. The third kappa shape index (κ3) is 13.9. The molecule has 8 nitrogen and oxygen atoms in total. The van der Waals surface area contributed by atoms with Crippen LogP contribution in [0.15, 0.2) is 171 Å². The summed E-state index contributed by atoms with van der Waals surface area (Å²) >= 11 is 0. The van der Waals surface area contributed by atoms with E-state index < -0.39 is 0 Å². The summed E-state index contributed by atoms with van der Waals surface area (Å²) in [6.07, 6.45) is 19.7. The van der Waals surface area contributed by atoms with E-state index in [4.69, 9.17) is 4.98 Å². The highest BCUT2D eigenvalue weighted by molar-refractivity contribution is 5.95. The van der Waals surface area contributed by atoms with Crippen molar-refractivity contribution in [3.63, 3.8) is 0 Å². The Morgan fingerprint density at radius 2 is 0.755 bits per heavy atom. The van der Waals surface area contributed by atoms with Gasteiger partial charge in [-0.3, -0.25) is 0 Å². The van der Waals surface area contributed by atoms with Gasteiger partial charge in [-0.2, -0.15) is 0 Å². The Morgan fingerprint density at radius 3 is 1.18 bits per heavy atom. The fourth-order valence-corrected chi connectivity index (χ4v) is 14.0. The fraction of sp³-hybridized carbons (Fsp3) is 0.317. The van der Waals surface area contributed by atoms with Crippen molar-refractivity contribution >= 4 is 43.6 Å². The minimum Gasteiger partial charge on any atom is -0.232 e. The Bertz CT molecular complexity index is 4760. The predicted octanol–water partition coefficient (Wildman–Crippen LogP) is 19.0. The lowest BCUT2D eigenvalue weighted by molar-refractivity contribution is -0.662. The number of aromatic nitrogens is 8. The number of halogens is 4. The van der Waals surface area contributed by atoms with Crippen LogP contribution >= 0.6 is 0 Å². The zero-order valence-electron chi connectivity index (χ0n) is 56.6. The van der Waals surface area contributed by atoms with Crippen LogP contribution < -0.4 is 18.3 Å². The first-order chi connectivity index (χ1) is 45.4. The molecule has 94 heavy (non-hydrogen) atoms. The van der Waals surface area contributed by atoms with Crippen molar-refractivity contribution in [1.82, 2.24) is 19.9 Å². The summed E-state index contributed by atoms with van der Waals surface area (Å²) in [5, 5.41) is 4.49. The molecule has 0 amide bonds. The number of hydrogen-bond acceptors (Lipinski definition) is 4. The maximum atomic E-state index is 13.5. The molecule has 0 spiro atoms. The topological polar surface area (TPSA) is 67.1 Å². The Labute approximate surface area is 551 Å². The molecule has 0 saturated heterocycles. The van der Waals surface area contributed by atoms with E-state index in [0.29, 0.717) is 23.7 Å². The molecule has 14 rings (SSSR count). The molecule has 2 saturated carbocycles. The molecule has 480 valence electrons. The minimum absolute atomic E-state index is 0.192. The molecule has 2 aliphatic carbocycles. The van der Waals surface area contributed by atoms with Gasteiger partial charge in [-0.25, -0.2) is 35.8 Å². The maximum Gasteiger partial charge on any atom is 0.287 e. The van der Waals surface area contributed by atoms with Crippen molar-refractivity contribution in [2.75, 3.05) is 0 Å². The smallest absolute Gasteiger partial charge is 0.232 e. The highest BCUT2D eigenvalue weighted by atomic mass is 19.1. The lowest BCUT2D eigenvalue weighted by atomic mass is 9.79. The SMILES string of the molecule is CCC(CC)c1ccc2c(-c3ccc(F)cc3C)[n+](C)cnc2c1.CCC(CC)c1cccc2c(-c3ccc(F)cc3C)[n+](C)cnc12.Cc1cc(F)ccc1-c1c2cc(C3CCC3)ccc2nc[n+]1C.Cc1cc(F)ccc1-c1c2ccc(C3CCC3)cc2nc[n+]1C. The van der Waals surface area contributed by atoms with Crippen LogP contribution in [0.3, 0.4) is 0 Å². The van der Waals surface area contributed by atoms with Crippen molar-refractivity contribution in [2.24, 2.45) is 28.2 Å². The second-order valence-corrected chi connectivity index (χ2v) is 26.0. The van der Waals surface area contributed by atoms with Gasteiger partial charge in [-0.1, -0.05) is 70.9 Å². The summed E-state index contributed by atoms with van der Waals surface area (Å²) in [7, 11) is 7.97.